The zero-order valence-corrected chi connectivity index (χ0v) is 12.0. The van der Waals surface area contributed by atoms with E-state index in [0.717, 1.165) is 16.5 Å². The second-order valence-electron chi connectivity index (χ2n) is 4.38. The molecule has 5 heteroatoms. The number of halogens is 2. The van der Waals surface area contributed by atoms with Crippen LogP contribution in [0.3, 0.4) is 0 Å². The van der Waals surface area contributed by atoms with Gasteiger partial charge in [-0.3, -0.25) is 4.98 Å². The molecule has 3 aromatic rings. The molecule has 0 unspecified atom stereocenters. The molecule has 3 N–H and O–H groups in total. The van der Waals surface area contributed by atoms with Crippen molar-refractivity contribution >= 4 is 43.8 Å². The molecule has 1 heterocycles. The van der Waals surface area contributed by atoms with Crippen LogP contribution in [-0.4, -0.2) is 4.98 Å². The molecule has 0 spiro atoms. The molecule has 0 fully saturated rings. The second kappa shape index (κ2) is 5.09. The number of nitrogens with zero attached hydrogens (tertiary/aromatic N) is 1. The lowest BCUT2D eigenvalue weighted by Crippen LogP contribution is -1.98. The average Bonchev–Trinajstić information content (AvgIpc) is 2.45. The summed E-state index contributed by atoms with van der Waals surface area (Å²) in [6, 6.07) is 10.7. The normalized spacial score (nSPS) is 10.7. The highest BCUT2D eigenvalue weighted by Crippen LogP contribution is 2.31. The molecule has 0 amide bonds. The summed E-state index contributed by atoms with van der Waals surface area (Å²) in [6.45, 7) is 0. The van der Waals surface area contributed by atoms with Crippen molar-refractivity contribution in [2.45, 2.75) is 0 Å². The number of fused-ring (bicyclic) bond motifs is 1. The number of nitrogens with one attached hydrogen (secondary N) is 1. The van der Waals surface area contributed by atoms with Crippen molar-refractivity contribution < 1.29 is 4.39 Å². The molecule has 0 radical (unpaired) electrons. The van der Waals surface area contributed by atoms with Crippen molar-refractivity contribution in [3.05, 3.63) is 59.1 Å². The lowest BCUT2D eigenvalue weighted by Gasteiger charge is -2.12. The Morgan fingerprint density at radius 1 is 1.15 bits per heavy atom. The molecule has 0 aliphatic rings. The van der Waals surface area contributed by atoms with Gasteiger partial charge in [0.25, 0.3) is 0 Å². The number of nitrogens with two attached hydrogens (primary N) is 1. The van der Waals surface area contributed by atoms with Gasteiger partial charge < -0.3 is 11.1 Å². The molecule has 3 nitrogen and oxygen atoms in total. The van der Waals surface area contributed by atoms with Gasteiger partial charge in [-0.05, 0) is 34.1 Å². The molecule has 0 saturated heterocycles. The van der Waals surface area contributed by atoms with Crippen LogP contribution in [0.1, 0.15) is 0 Å². The minimum atomic E-state index is -0.379. The summed E-state index contributed by atoms with van der Waals surface area (Å²) in [5.41, 5.74) is 7.76. The van der Waals surface area contributed by atoms with Gasteiger partial charge in [0.2, 0.25) is 0 Å². The van der Waals surface area contributed by atoms with Crippen molar-refractivity contribution in [1.29, 1.82) is 0 Å². The van der Waals surface area contributed by atoms with Crippen molar-refractivity contribution in [3.63, 3.8) is 0 Å². The van der Waals surface area contributed by atoms with Gasteiger partial charge >= 0.3 is 0 Å². The minimum Gasteiger partial charge on any atom is -0.397 e. The van der Waals surface area contributed by atoms with Crippen LogP contribution in [0.4, 0.5) is 21.5 Å². The Kier molecular flexibility index (Phi) is 3.28. The van der Waals surface area contributed by atoms with Gasteiger partial charge in [-0.15, -0.1) is 0 Å². The predicted molar refractivity (Wildman–Crippen MR) is 83.5 cm³/mol. The van der Waals surface area contributed by atoms with Crippen molar-refractivity contribution in [1.82, 2.24) is 4.98 Å². The van der Waals surface area contributed by atoms with E-state index < -0.39 is 0 Å². The maximum Gasteiger partial charge on any atom is 0.139 e. The van der Waals surface area contributed by atoms with Crippen molar-refractivity contribution in [3.8, 4) is 0 Å². The Balaban J connectivity index is 2.08. The Hall–Kier alpha value is -2.14. The Bertz CT molecular complexity index is 784. The fraction of sp³-hybridized carbons (Fsp3) is 0. The average molecular weight is 332 g/mol. The van der Waals surface area contributed by atoms with E-state index in [0.29, 0.717) is 15.8 Å². The number of rotatable bonds is 2. The highest BCUT2D eigenvalue weighted by molar-refractivity contribution is 9.10. The molecule has 2 aromatic carbocycles. The van der Waals surface area contributed by atoms with E-state index in [1.165, 1.54) is 6.07 Å². The molecule has 0 aliphatic heterocycles. The Morgan fingerprint density at radius 3 is 2.85 bits per heavy atom. The SMILES string of the molecule is Nc1cc(F)c(Br)cc1Nc1cccc2cnccc12. The van der Waals surface area contributed by atoms with E-state index in [1.54, 1.807) is 18.5 Å². The highest BCUT2D eigenvalue weighted by atomic mass is 79.9. The number of nitrogen functional groups attached to an aromatic ring is 1. The van der Waals surface area contributed by atoms with Gasteiger partial charge in [0, 0.05) is 34.9 Å². The molecular formula is C15H11BrFN3. The maximum atomic E-state index is 13.4. The second-order valence-corrected chi connectivity index (χ2v) is 5.24. The smallest absolute Gasteiger partial charge is 0.139 e. The van der Waals surface area contributed by atoms with Crippen LogP contribution in [0, 0.1) is 5.82 Å². The van der Waals surface area contributed by atoms with Crippen molar-refractivity contribution in [2.24, 2.45) is 0 Å². The molecule has 3 rings (SSSR count). The molecule has 100 valence electrons. The third kappa shape index (κ3) is 2.32. The number of benzene rings is 2. The first-order chi connectivity index (χ1) is 9.65. The largest absolute Gasteiger partial charge is 0.397 e. The van der Waals surface area contributed by atoms with E-state index in [-0.39, 0.29) is 5.82 Å². The van der Waals surface area contributed by atoms with E-state index in [4.69, 9.17) is 5.73 Å². The first-order valence-electron chi connectivity index (χ1n) is 5.99. The summed E-state index contributed by atoms with van der Waals surface area (Å²) >= 11 is 3.16. The fourth-order valence-electron chi connectivity index (χ4n) is 2.05. The summed E-state index contributed by atoms with van der Waals surface area (Å²) in [4.78, 5) is 4.09. The van der Waals surface area contributed by atoms with Gasteiger partial charge in [0.15, 0.2) is 0 Å². The zero-order chi connectivity index (χ0) is 14.1. The molecule has 0 saturated carbocycles. The van der Waals surface area contributed by atoms with Crippen LogP contribution in [-0.2, 0) is 0 Å². The van der Waals surface area contributed by atoms with E-state index in [2.05, 4.69) is 26.2 Å². The predicted octanol–water partition coefficient (Wildman–Crippen LogP) is 4.46. The van der Waals surface area contributed by atoms with E-state index in [1.807, 2.05) is 24.3 Å². The third-order valence-corrected chi connectivity index (χ3v) is 3.65. The van der Waals surface area contributed by atoms with Gasteiger partial charge in [0.05, 0.1) is 15.8 Å². The van der Waals surface area contributed by atoms with E-state index >= 15 is 0 Å². The molecule has 1 aromatic heterocycles. The van der Waals surface area contributed by atoms with Crippen LogP contribution in [0.2, 0.25) is 0 Å². The van der Waals surface area contributed by atoms with Gasteiger partial charge in [-0.2, -0.15) is 0 Å². The summed E-state index contributed by atoms with van der Waals surface area (Å²) < 4.78 is 13.8. The maximum absolute atomic E-state index is 13.4. The van der Waals surface area contributed by atoms with Gasteiger partial charge in [-0.1, -0.05) is 12.1 Å². The minimum absolute atomic E-state index is 0.358. The molecule has 0 bridgehead atoms. The highest BCUT2D eigenvalue weighted by Gasteiger charge is 2.07. The quantitative estimate of drug-likeness (QED) is 0.681. The number of hydrogen-bond acceptors (Lipinski definition) is 3. The monoisotopic (exact) mass is 331 g/mol. The molecule has 20 heavy (non-hydrogen) atoms. The number of aromatic nitrogens is 1. The molecule has 0 aliphatic carbocycles. The standard InChI is InChI=1S/C15H11BrFN3/c16-11-6-15(13(18)7-12(11)17)20-14-3-1-2-9-8-19-5-4-10(9)14/h1-8,20H,18H2. The van der Waals surface area contributed by atoms with Crippen LogP contribution < -0.4 is 11.1 Å². The molecular weight excluding hydrogens is 321 g/mol. The van der Waals surface area contributed by atoms with Crippen molar-refractivity contribution in [2.75, 3.05) is 11.1 Å². The van der Waals surface area contributed by atoms with Crippen LogP contribution in [0.5, 0.6) is 0 Å². The summed E-state index contributed by atoms with van der Waals surface area (Å²) in [6.07, 6.45) is 3.53. The topological polar surface area (TPSA) is 50.9 Å². The first-order valence-corrected chi connectivity index (χ1v) is 6.79. The molecule has 0 atom stereocenters. The number of hydrogen-bond donors (Lipinski definition) is 2. The van der Waals surface area contributed by atoms with Crippen LogP contribution in [0.15, 0.2) is 53.3 Å². The van der Waals surface area contributed by atoms with Gasteiger partial charge in [0.1, 0.15) is 5.82 Å². The Labute approximate surface area is 123 Å². The Morgan fingerprint density at radius 2 is 2.00 bits per heavy atom. The summed E-state index contributed by atoms with van der Waals surface area (Å²) in [5.74, 6) is -0.379. The zero-order valence-electron chi connectivity index (χ0n) is 10.4. The summed E-state index contributed by atoms with van der Waals surface area (Å²) in [5, 5.41) is 5.29. The van der Waals surface area contributed by atoms with E-state index in [9.17, 15) is 4.39 Å². The fourth-order valence-corrected chi connectivity index (χ4v) is 2.39. The lowest BCUT2D eigenvalue weighted by molar-refractivity contribution is 0.622. The van der Waals surface area contributed by atoms with Gasteiger partial charge in [-0.25, -0.2) is 4.39 Å². The van der Waals surface area contributed by atoms with Crippen LogP contribution in [0.25, 0.3) is 10.8 Å². The summed E-state index contributed by atoms with van der Waals surface area (Å²) in [7, 11) is 0. The number of pyridine rings is 1. The lowest BCUT2D eigenvalue weighted by atomic mass is 10.1. The number of anilines is 3. The van der Waals surface area contributed by atoms with Crippen LogP contribution >= 0.6 is 15.9 Å². The first kappa shape index (κ1) is 12.9. The third-order valence-electron chi connectivity index (χ3n) is 3.04.